The number of rotatable bonds is 4. The van der Waals surface area contributed by atoms with Crippen molar-refractivity contribution in [1.29, 1.82) is 0 Å². The van der Waals surface area contributed by atoms with Crippen molar-refractivity contribution in [3.63, 3.8) is 0 Å². The Bertz CT molecular complexity index is 399. The van der Waals surface area contributed by atoms with Crippen LogP contribution < -0.4 is 4.74 Å². The summed E-state index contributed by atoms with van der Waals surface area (Å²) in [6.07, 6.45) is 0.668. The fraction of sp³-hybridized carbons (Fsp3) is 0.417. The molecule has 0 heterocycles. The molecule has 0 saturated heterocycles. The summed E-state index contributed by atoms with van der Waals surface area (Å²) >= 11 is 0. The molecule has 0 spiro atoms. The highest BCUT2D eigenvalue weighted by Gasteiger charge is 2.29. The smallest absolute Gasteiger partial charge is 0.347 e. The van der Waals surface area contributed by atoms with Crippen LogP contribution in [-0.2, 0) is 11.2 Å². The van der Waals surface area contributed by atoms with Gasteiger partial charge in [-0.3, -0.25) is 0 Å². The highest BCUT2D eigenvalue weighted by molar-refractivity contribution is 5.76. The number of ether oxygens (including phenoxy) is 1. The van der Waals surface area contributed by atoms with Crippen LogP contribution in [0.2, 0.25) is 0 Å². The first-order chi connectivity index (χ1) is 7.35. The molecule has 0 fully saturated rings. The van der Waals surface area contributed by atoms with E-state index in [1.165, 1.54) is 26.0 Å². The number of carboxylic acid groups (broad SMARTS) is 1. The molecule has 1 aromatic carbocycles. The lowest BCUT2D eigenvalue weighted by Crippen LogP contribution is -2.37. The second-order valence-electron chi connectivity index (χ2n) is 4.07. The first-order valence-corrected chi connectivity index (χ1v) is 5.07. The predicted octanol–water partition coefficient (Wildman–Crippen LogP) is 2.63. The minimum atomic E-state index is -1.36. The molecule has 0 aromatic heterocycles. The Balaban J connectivity index is 2.97. The van der Waals surface area contributed by atoms with E-state index in [1.54, 1.807) is 6.07 Å². The van der Waals surface area contributed by atoms with Gasteiger partial charge in [0.2, 0.25) is 0 Å². The maximum absolute atomic E-state index is 13.2. The third-order valence-corrected chi connectivity index (χ3v) is 2.23. The van der Waals surface area contributed by atoms with Gasteiger partial charge in [-0.2, -0.15) is 0 Å². The van der Waals surface area contributed by atoms with Gasteiger partial charge < -0.3 is 9.84 Å². The molecule has 0 aliphatic carbocycles. The molecule has 1 N–H and O–H groups in total. The fourth-order valence-corrected chi connectivity index (χ4v) is 1.22. The summed E-state index contributed by atoms with van der Waals surface area (Å²) in [5.41, 5.74) is -0.588. The van der Waals surface area contributed by atoms with Gasteiger partial charge in [-0.1, -0.05) is 6.92 Å². The van der Waals surface area contributed by atoms with Crippen LogP contribution in [0.4, 0.5) is 4.39 Å². The molecule has 1 aromatic rings. The van der Waals surface area contributed by atoms with Crippen molar-refractivity contribution < 1.29 is 19.0 Å². The topological polar surface area (TPSA) is 46.5 Å². The summed E-state index contributed by atoms with van der Waals surface area (Å²) < 4.78 is 18.4. The molecule has 0 aliphatic heterocycles. The van der Waals surface area contributed by atoms with Gasteiger partial charge in [0.25, 0.3) is 0 Å². The molecule has 3 nitrogen and oxygen atoms in total. The lowest BCUT2D eigenvalue weighted by Gasteiger charge is -2.21. The Morgan fingerprint density at radius 2 is 2.06 bits per heavy atom. The van der Waals surface area contributed by atoms with Crippen LogP contribution in [0.15, 0.2) is 18.2 Å². The van der Waals surface area contributed by atoms with Gasteiger partial charge in [0.05, 0.1) is 0 Å². The summed E-state index contributed by atoms with van der Waals surface area (Å²) in [6.45, 7) is 4.73. The highest BCUT2D eigenvalue weighted by Crippen LogP contribution is 2.22. The van der Waals surface area contributed by atoms with Gasteiger partial charge in [0, 0.05) is 6.07 Å². The molecular weight excluding hydrogens is 211 g/mol. The van der Waals surface area contributed by atoms with Crippen LogP contribution in [0, 0.1) is 5.82 Å². The van der Waals surface area contributed by atoms with Crippen molar-refractivity contribution in [3.05, 3.63) is 29.6 Å². The summed E-state index contributed by atoms with van der Waals surface area (Å²) in [5.74, 6) is -1.27. The number of carboxylic acids is 1. The zero-order valence-electron chi connectivity index (χ0n) is 9.58. The molecule has 0 saturated carbocycles. The lowest BCUT2D eigenvalue weighted by atomic mass is 10.1. The van der Waals surface area contributed by atoms with Crippen LogP contribution in [-0.4, -0.2) is 16.7 Å². The Morgan fingerprint density at radius 1 is 1.44 bits per heavy atom. The van der Waals surface area contributed by atoms with Crippen LogP contribution in [0.3, 0.4) is 0 Å². The molecule has 0 bridgehead atoms. The third-order valence-electron chi connectivity index (χ3n) is 2.23. The Labute approximate surface area is 93.9 Å². The van der Waals surface area contributed by atoms with E-state index in [9.17, 15) is 9.18 Å². The zero-order valence-corrected chi connectivity index (χ0v) is 9.58. The standard InChI is InChI=1S/C12H15FO3/c1-4-8-5-9(13)7-10(6-8)16-12(2,3)11(14)15/h5-7H,4H2,1-3H3,(H,14,15). The number of carbonyl (C=O) groups is 1. The Morgan fingerprint density at radius 3 is 2.56 bits per heavy atom. The molecule has 0 aliphatic rings. The van der Waals surface area contributed by atoms with Gasteiger partial charge in [-0.05, 0) is 38.0 Å². The second-order valence-corrected chi connectivity index (χ2v) is 4.07. The van der Waals surface area contributed by atoms with Crippen LogP contribution in [0.1, 0.15) is 26.3 Å². The number of aliphatic carboxylic acids is 1. The second kappa shape index (κ2) is 4.51. The van der Waals surface area contributed by atoms with Crippen molar-refractivity contribution in [2.45, 2.75) is 32.8 Å². The van der Waals surface area contributed by atoms with E-state index in [2.05, 4.69) is 0 Å². The summed E-state index contributed by atoms with van der Waals surface area (Å²) in [5, 5.41) is 8.88. The van der Waals surface area contributed by atoms with Crippen molar-refractivity contribution >= 4 is 5.97 Å². The van der Waals surface area contributed by atoms with Crippen LogP contribution in [0.25, 0.3) is 0 Å². The molecular formula is C12H15FO3. The molecule has 88 valence electrons. The molecule has 0 unspecified atom stereocenters. The van der Waals surface area contributed by atoms with Gasteiger partial charge in [0.15, 0.2) is 5.60 Å². The van der Waals surface area contributed by atoms with Crippen molar-refractivity contribution in [3.8, 4) is 5.75 Å². The predicted molar refractivity (Wildman–Crippen MR) is 58.1 cm³/mol. The SMILES string of the molecule is CCc1cc(F)cc(OC(C)(C)C(=O)O)c1. The quantitative estimate of drug-likeness (QED) is 0.858. The summed E-state index contributed by atoms with van der Waals surface area (Å²) in [4.78, 5) is 10.8. The number of hydrogen-bond donors (Lipinski definition) is 1. The molecule has 0 atom stereocenters. The maximum atomic E-state index is 13.2. The monoisotopic (exact) mass is 226 g/mol. The van der Waals surface area contributed by atoms with Gasteiger partial charge >= 0.3 is 5.97 Å². The normalized spacial score (nSPS) is 11.2. The molecule has 0 radical (unpaired) electrons. The van der Waals surface area contributed by atoms with Gasteiger partial charge in [-0.15, -0.1) is 0 Å². The maximum Gasteiger partial charge on any atom is 0.347 e. The average molecular weight is 226 g/mol. The zero-order chi connectivity index (χ0) is 12.3. The van der Waals surface area contributed by atoms with E-state index < -0.39 is 17.4 Å². The fourth-order valence-electron chi connectivity index (χ4n) is 1.22. The van der Waals surface area contributed by atoms with E-state index in [4.69, 9.17) is 9.84 Å². The van der Waals surface area contributed by atoms with E-state index in [1.807, 2.05) is 6.92 Å². The Hall–Kier alpha value is -1.58. The molecule has 1 rings (SSSR count). The van der Waals surface area contributed by atoms with Crippen molar-refractivity contribution in [2.24, 2.45) is 0 Å². The largest absolute Gasteiger partial charge is 0.478 e. The first kappa shape index (κ1) is 12.5. The number of hydrogen-bond acceptors (Lipinski definition) is 2. The van der Waals surface area contributed by atoms with Crippen LogP contribution >= 0.6 is 0 Å². The summed E-state index contributed by atoms with van der Waals surface area (Å²) in [6, 6.07) is 4.23. The number of aryl methyl sites for hydroxylation is 1. The minimum absolute atomic E-state index is 0.240. The van der Waals surface area contributed by atoms with Gasteiger partial charge in [0.1, 0.15) is 11.6 Å². The molecule has 4 heteroatoms. The molecule has 16 heavy (non-hydrogen) atoms. The lowest BCUT2D eigenvalue weighted by molar-refractivity contribution is -0.152. The van der Waals surface area contributed by atoms with Gasteiger partial charge in [-0.25, -0.2) is 9.18 Å². The van der Waals surface area contributed by atoms with E-state index in [0.29, 0.717) is 6.42 Å². The van der Waals surface area contributed by atoms with Crippen LogP contribution in [0.5, 0.6) is 5.75 Å². The number of benzene rings is 1. The van der Waals surface area contributed by atoms with Crippen molar-refractivity contribution in [2.75, 3.05) is 0 Å². The third kappa shape index (κ3) is 2.95. The average Bonchev–Trinajstić information content (AvgIpc) is 2.15. The minimum Gasteiger partial charge on any atom is -0.478 e. The van der Waals surface area contributed by atoms with E-state index in [-0.39, 0.29) is 5.75 Å². The molecule has 0 amide bonds. The van der Waals surface area contributed by atoms with E-state index in [0.717, 1.165) is 5.56 Å². The first-order valence-electron chi connectivity index (χ1n) is 5.07. The van der Waals surface area contributed by atoms with Crippen molar-refractivity contribution in [1.82, 2.24) is 0 Å². The van der Waals surface area contributed by atoms with E-state index >= 15 is 0 Å². The highest BCUT2D eigenvalue weighted by atomic mass is 19.1. The Kier molecular flexibility index (Phi) is 3.52. The number of halogens is 1. The summed E-state index contributed by atoms with van der Waals surface area (Å²) in [7, 11) is 0.